The van der Waals surface area contributed by atoms with Gasteiger partial charge in [-0.2, -0.15) is 0 Å². The van der Waals surface area contributed by atoms with Crippen LogP contribution in [0.4, 0.5) is 0 Å². The van der Waals surface area contributed by atoms with Gasteiger partial charge in [0.05, 0.1) is 0 Å². The van der Waals surface area contributed by atoms with Crippen molar-refractivity contribution in [2.45, 2.75) is 32.6 Å². The molecule has 0 radical (unpaired) electrons. The van der Waals surface area contributed by atoms with E-state index in [9.17, 15) is 0 Å². The molecular formula is C14H18. The van der Waals surface area contributed by atoms with Gasteiger partial charge in [0.2, 0.25) is 0 Å². The molecule has 0 spiro atoms. The lowest BCUT2D eigenvalue weighted by atomic mass is 9.86. The van der Waals surface area contributed by atoms with Gasteiger partial charge in [0, 0.05) is 5.92 Å². The van der Waals surface area contributed by atoms with Crippen molar-refractivity contribution in [1.29, 1.82) is 0 Å². The molecule has 0 saturated heterocycles. The van der Waals surface area contributed by atoms with Crippen LogP contribution in [-0.2, 0) is 0 Å². The zero-order valence-corrected chi connectivity index (χ0v) is 9.03. The lowest BCUT2D eigenvalue weighted by molar-refractivity contribution is 0.481. The second-order valence-corrected chi connectivity index (χ2v) is 4.28. The van der Waals surface area contributed by atoms with Crippen molar-refractivity contribution in [3.63, 3.8) is 0 Å². The van der Waals surface area contributed by atoms with Crippen LogP contribution in [0.3, 0.4) is 0 Å². The zero-order valence-electron chi connectivity index (χ0n) is 9.03. The molecular weight excluding hydrogens is 168 g/mol. The zero-order chi connectivity index (χ0) is 9.97. The predicted molar refractivity (Wildman–Crippen MR) is 62.3 cm³/mol. The van der Waals surface area contributed by atoms with E-state index in [0.717, 1.165) is 5.92 Å². The van der Waals surface area contributed by atoms with Gasteiger partial charge in [-0.3, -0.25) is 0 Å². The van der Waals surface area contributed by atoms with Crippen LogP contribution in [0.15, 0.2) is 30.3 Å². The summed E-state index contributed by atoms with van der Waals surface area (Å²) in [6.45, 7) is 4.63. The van der Waals surface area contributed by atoms with Crippen molar-refractivity contribution in [1.82, 2.24) is 0 Å². The first-order chi connectivity index (χ1) is 6.83. The fraction of sp³-hybridized carbons (Fsp3) is 0.429. The van der Waals surface area contributed by atoms with Crippen molar-refractivity contribution in [3.8, 4) is 0 Å². The Morgan fingerprint density at radius 2 is 2.07 bits per heavy atom. The molecule has 0 aliphatic heterocycles. The Labute approximate surface area is 86.7 Å². The highest BCUT2D eigenvalue weighted by molar-refractivity contribution is 5.62. The molecule has 2 unspecified atom stereocenters. The van der Waals surface area contributed by atoms with Crippen molar-refractivity contribution >= 4 is 6.08 Å². The van der Waals surface area contributed by atoms with Gasteiger partial charge < -0.3 is 0 Å². The highest BCUT2D eigenvalue weighted by atomic mass is 14.3. The molecule has 14 heavy (non-hydrogen) atoms. The molecule has 0 saturated carbocycles. The molecule has 0 amide bonds. The van der Waals surface area contributed by atoms with Gasteiger partial charge in [0.1, 0.15) is 0 Å². The van der Waals surface area contributed by atoms with Crippen molar-refractivity contribution < 1.29 is 0 Å². The standard InChI is InChI=1S/C14H18/c1-3-6-11(2)13-10-9-12-7-4-5-8-14(12)13/h4-5,7-11,13H,3,6H2,1-2H3. The van der Waals surface area contributed by atoms with E-state index in [4.69, 9.17) is 0 Å². The average Bonchev–Trinajstić information content (AvgIpc) is 2.61. The summed E-state index contributed by atoms with van der Waals surface area (Å²) >= 11 is 0. The third-order valence-electron chi connectivity index (χ3n) is 3.20. The van der Waals surface area contributed by atoms with Crippen LogP contribution >= 0.6 is 0 Å². The maximum Gasteiger partial charge on any atom is 0.00528 e. The maximum atomic E-state index is 2.37. The van der Waals surface area contributed by atoms with E-state index >= 15 is 0 Å². The van der Waals surface area contributed by atoms with E-state index in [2.05, 4.69) is 50.3 Å². The molecule has 0 aromatic heterocycles. The normalized spacial score (nSPS) is 20.9. The molecule has 2 atom stereocenters. The van der Waals surface area contributed by atoms with E-state index in [1.807, 2.05) is 0 Å². The first kappa shape index (κ1) is 9.51. The van der Waals surface area contributed by atoms with Crippen LogP contribution in [0.25, 0.3) is 6.08 Å². The Bertz CT molecular complexity index is 336. The van der Waals surface area contributed by atoms with Gasteiger partial charge in [0.15, 0.2) is 0 Å². The molecule has 0 heterocycles. The maximum absolute atomic E-state index is 2.37. The fourth-order valence-electron chi connectivity index (χ4n) is 2.41. The molecule has 1 aromatic rings. The quantitative estimate of drug-likeness (QED) is 0.662. The molecule has 2 rings (SSSR count). The smallest absolute Gasteiger partial charge is 0.00528 e. The highest BCUT2D eigenvalue weighted by Gasteiger charge is 2.21. The van der Waals surface area contributed by atoms with Gasteiger partial charge in [-0.05, 0) is 17.0 Å². The van der Waals surface area contributed by atoms with Crippen molar-refractivity contribution in [2.24, 2.45) is 5.92 Å². The van der Waals surface area contributed by atoms with Crippen LogP contribution < -0.4 is 0 Å². The first-order valence-corrected chi connectivity index (χ1v) is 5.60. The summed E-state index contributed by atoms with van der Waals surface area (Å²) < 4.78 is 0. The van der Waals surface area contributed by atoms with Gasteiger partial charge in [0.25, 0.3) is 0 Å². The first-order valence-electron chi connectivity index (χ1n) is 5.60. The van der Waals surface area contributed by atoms with E-state index in [1.165, 1.54) is 24.0 Å². The van der Waals surface area contributed by atoms with Crippen LogP contribution in [0.2, 0.25) is 0 Å². The summed E-state index contributed by atoms with van der Waals surface area (Å²) in [7, 11) is 0. The SMILES string of the molecule is CCCC(C)C1C=Cc2ccccc21. The summed E-state index contributed by atoms with van der Waals surface area (Å²) in [4.78, 5) is 0. The minimum atomic E-state index is 0.658. The number of benzene rings is 1. The van der Waals surface area contributed by atoms with E-state index in [-0.39, 0.29) is 0 Å². The van der Waals surface area contributed by atoms with E-state index in [0.29, 0.717) is 5.92 Å². The minimum absolute atomic E-state index is 0.658. The Morgan fingerprint density at radius 1 is 1.29 bits per heavy atom. The lowest BCUT2D eigenvalue weighted by Crippen LogP contribution is -2.05. The summed E-state index contributed by atoms with van der Waals surface area (Å²) in [5.41, 5.74) is 2.94. The van der Waals surface area contributed by atoms with Gasteiger partial charge in [-0.1, -0.05) is 63.1 Å². The summed E-state index contributed by atoms with van der Waals surface area (Å²) in [6, 6.07) is 8.75. The Balaban J connectivity index is 2.21. The predicted octanol–water partition coefficient (Wildman–Crippen LogP) is 4.23. The second-order valence-electron chi connectivity index (χ2n) is 4.28. The number of hydrogen-bond acceptors (Lipinski definition) is 0. The molecule has 1 aliphatic carbocycles. The molecule has 0 bridgehead atoms. The third-order valence-corrected chi connectivity index (χ3v) is 3.20. The molecule has 0 N–H and O–H groups in total. The number of rotatable bonds is 3. The molecule has 74 valence electrons. The summed E-state index contributed by atoms with van der Waals surface area (Å²) in [6.07, 6.45) is 7.24. The topological polar surface area (TPSA) is 0 Å². The van der Waals surface area contributed by atoms with Crippen LogP contribution in [0.5, 0.6) is 0 Å². The van der Waals surface area contributed by atoms with E-state index < -0.39 is 0 Å². The van der Waals surface area contributed by atoms with Crippen LogP contribution in [0, 0.1) is 5.92 Å². The Morgan fingerprint density at radius 3 is 2.86 bits per heavy atom. The largest absolute Gasteiger partial charge is 0.0761 e. The highest BCUT2D eigenvalue weighted by Crippen LogP contribution is 2.36. The minimum Gasteiger partial charge on any atom is -0.0761 e. The second kappa shape index (κ2) is 4.00. The molecule has 0 heteroatoms. The average molecular weight is 186 g/mol. The fourth-order valence-corrected chi connectivity index (χ4v) is 2.41. The van der Waals surface area contributed by atoms with Crippen LogP contribution in [0.1, 0.15) is 43.7 Å². The van der Waals surface area contributed by atoms with Crippen LogP contribution in [-0.4, -0.2) is 0 Å². The van der Waals surface area contributed by atoms with E-state index in [1.54, 1.807) is 0 Å². The molecule has 0 nitrogen and oxygen atoms in total. The number of fused-ring (bicyclic) bond motifs is 1. The molecule has 1 aliphatic rings. The third kappa shape index (κ3) is 1.61. The number of allylic oxidation sites excluding steroid dienone is 1. The summed E-state index contributed by atoms with van der Waals surface area (Å²) in [5, 5.41) is 0. The van der Waals surface area contributed by atoms with Gasteiger partial charge in [-0.25, -0.2) is 0 Å². The van der Waals surface area contributed by atoms with Crippen molar-refractivity contribution in [3.05, 3.63) is 41.5 Å². The summed E-state index contributed by atoms with van der Waals surface area (Å²) in [5.74, 6) is 1.44. The monoisotopic (exact) mass is 186 g/mol. The molecule has 0 fully saturated rings. The van der Waals surface area contributed by atoms with Crippen molar-refractivity contribution in [2.75, 3.05) is 0 Å². The van der Waals surface area contributed by atoms with Gasteiger partial charge >= 0.3 is 0 Å². The number of hydrogen-bond donors (Lipinski definition) is 0. The Kier molecular flexibility index (Phi) is 2.72. The van der Waals surface area contributed by atoms with Gasteiger partial charge in [-0.15, -0.1) is 0 Å². The molecule has 1 aromatic carbocycles. The lowest BCUT2D eigenvalue weighted by Gasteiger charge is -2.18. The Hall–Kier alpha value is -1.04.